The van der Waals surface area contributed by atoms with E-state index in [1.165, 1.54) is 11.9 Å². The molecule has 0 aliphatic carbocycles. The van der Waals surface area contributed by atoms with E-state index in [2.05, 4.69) is 51.6 Å². The van der Waals surface area contributed by atoms with Gasteiger partial charge in [-0.1, -0.05) is 24.3 Å². The second-order valence-electron chi connectivity index (χ2n) is 5.07. The van der Waals surface area contributed by atoms with Crippen molar-refractivity contribution in [1.29, 1.82) is 0 Å². The fourth-order valence-electron chi connectivity index (χ4n) is 2.28. The van der Waals surface area contributed by atoms with Gasteiger partial charge in [-0.25, -0.2) is 4.98 Å². The predicted molar refractivity (Wildman–Crippen MR) is 81.9 cm³/mol. The van der Waals surface area contributed by atoms with E-state index in [0.717, 1.165) is 17.1 Å². The van der Waals surface area contributed by atoms with E-state index in [4.69, 9.17) is 5.73 Å². The molecule has 6 heteroatoms. The number of aromatic nitrogens is 4. The highest BCUT2D eigenvalue weighted by Crippen LogP contribution is 2.20. The highest BCUT2D eigenvalue weighted by molar-refractivity contribution is 5.46. The molecule has 0 bridgehead atoms. The number of aryl methyl sites for hydroxylation is 1. The molecule has 3 N–H and O–H groups in total. The van der Waals surface area contributed by atoms with Crippen molar-refractivity contribution in [2.45, 2.75) is 26.4 Å². The Balaban J connectivity index is 1.88. The maximum absolute atomic E-state index is 5.63. The molecule has 0 fully saturated rings. The first-order valence-corrected chi connectivity index (χ1v) is 6.90. The van der Waals surface area contributed by atoms with E-state index in [9.17, 15) is 0 Å². The monoisotopic (exact) mass is 282 g/mol. The molecule has 1 unspecified atom stereocenters. The second-order valence-corrected chi connectivity index (χ2v) is 5.07. The third-order valence-electron chi connectivity index (χ3n) is 3.46. The van der Waals surface area contributed by atoms with Gasteiger partial charge in [0.2, 0.25) is 0 Å². The molecule has 0 aliphatic rings. The molecule has 6 nitrogen and oxygen atoms in total. The smallest absolute Gasteiger partial charge is 0.254 e. The Bertz CT molecular complexity index is 746. The Morgan fingerprint density at radius 3 is 2.76 bits per heavy atom. The molecule has 0 aliphatic heterocycles. The topological polar surface area (TPSA) is 81.1 Å². The molecular formula is C15H18N6. The number of hydrogen-bond donors (Lipinski definition) is 2. The van der Waals surface area contributed by atoms with E-state index < -0.39 is 0 Å². The number of nitrogens with two attached hydrogens (primary N) is 1. The number of fused-ring (bicyclic) bond motifs is 1. The minimum atomic E-state index is 0.144. The number of rotatable bonds is 4. The number of benzene rings is 1. The van der Waals surface area contributed by atoms with Crippen molar-refractivity contribution in [1.82, 2.24) is 19.6 Å². The van der Waals surface area contributed by atoms with Crippen LogP contribution in [0.25, 0.3) is 5.78 Å². The fraction of sp³-hybridized carbons (Fsp3) is 0.267. The van der Waals surface area contributed by atoms with Crippen molar-refractivity contribution in [3.63, 3.8) is 0 Å². The summed E-state index contributed by atoms with van der Waals surface area (Å²) >= 11 is 0. The van der Waals surface area contributed by atoms with Crippen LogP contribution in [0.3, 0.4) is 0 Å². The Hall–Kier alpha value is -2.47. The van der Waals surface area contributed by atoms with E-state index in [-0.39, 0.29) is 6.04 Å². The molecule has 1 atom stereocenters. The molecular weight excluding hydrogens is 264 g/mol. The molecule has 0 radical (unpaired) electrons. The molecule has 3 aromatic rings. The number of nitrogens with zero attached hydrogens (tertiary/aromatic N) is 4. The van der Waals surface area contributed by atoms with Crippen LogP contribution in [-0.4, -0.2) is 19.6 Å². The van der Waals surface area contributed by atoms with Gasteiger partial charge in [0, 0.05) is 24.3 Å². The molecule has 2 heterocycles. The molecule has 2 aromatic heterocycles. The Labute approximate surface area is 123 Å². The molecule has 0 saturated heterocycles. The van der Waals surface area contributed by atoms with Gasteiger partial charge in [0.25, 0.3) is 5.78 Å². The largest absolute Gasteiger partial charge is 0.363 e. The molecule has 21 heavy (non-hydrogen) atoms. The zero-order valence-electron chi connectivity index (χ0n) is 12.1. The minimum absolute atomic E-state index is 0.144. The lowest BCUT2D eigenvalue weighted by molar-refractivity contribution is 0.836. The summed E-state index contributed by atoms with van der Waals surface area (Å²) in [6, 6.07) is 10.4. The van der Waals surface area contributed by atoms with Crippen molar-refractivity contribution in [3.05, 3.63) is 53.5 Å². The number of nitrogens with one attached hydrogen (secondary N) is 1. The maximum Gasteiger partial charge on any atom is 0.254 e. The highest BCUT2D eigenvalue weighted by Gasteiger charge is 2.10. The van der Waals surface area contributed by atoms with Crippen LogP contribution in [0, 0.1) is 6.92 Å². The lowest BCUT2D eigenvalue weighted by Gasteiger charge is -2.16. The summed E-state index contributed by atoms with van der Waals surface area (Å²) < 4.78 is 1.71. The summed E-state index contributed by atoms with van der Waals surface area (Å²) in [6.07, 6.45) is 1.51. The van der Waals surface area contributed by atoms with Crippen LogP contribution in [0.5, 0.6) is 0 Å². The Morgan fingerprint density at radius 1 is 1.29 bits per heavy atom. The zero-order valence-corrected chi connectivity index (χ0v) is 12.1. The SMILES string of the molecule is Cc1cc(NC(C)c2ccc(CN)cc2)n2ncnc2n1. The molecule has 3 rings (SSSR count). The normalized spacial score (nSPS) is 12.5. The summed E-state index contributed by atoms with van der Waals surface area (Å²) in [6.45, 7) is 4.61. The van der Waals surface area contributed by atoms with Crippen LogP contribution < -0.4 is 11.1 Å². The summed E-state index contributed by atoms with van der Waals surface area (Å²) in [5.74, 6) is 1.48. The van der Waals surface area contributed by atoms with Crippen LogP contribution >= 0.6 is 0 Å². The zero-order chi connectivity index (χ0) is 14.8. The van der Waals surface area contributed by atoms with Gasteiger partial charge >= 0.3 is 0 Å². The van der Waals surface area contributed by atoms with Crippen molar-refractivity contribution in [3.8, 4) is 0 Å². The summed E-state index contributed by atoms with van der Waals surface area (Å²) in [5, 5.41) is 7.65. The fourth-order valence-corrected chi connectivity index (χ4v) is 2.28. The lowest BCUT2D eigenvalue weighted by atomic mass is 10.1. The molecule has 108 valence electrons. The third-order valence-corrected chi connectivity index (χ3v) is 3.46. The lowest BCUT2D eigenvalue weighted by Crippen LogP contribution is -2.11. The van der Waals surface area contributed by atoms with Crippen molar-refractivity contribution in [2.75, 3.05) is 5.32 Å². The standard InChI is InChI=1S/C15H18N6/c1-10-7-14(21-15(19-10)17-9-18-21)20-11(2)13-5-3-12(8-16)4-6-13/h3-7,9,11,20H,8,16H2,1-2H3. The second kappa shape index (κ2) is 5.49. The van der Waals surface area contributed by atoms with Crippen LogP contribution in [-0.2, 0) is 6.54 Å². The highest BCUT2D eigenvalue weighted by atomic mass is 15.4. The van der Waals surface area contributed by atoms with Gasteiger partial charge in [-0.05, 0) is 25.0 Å². The van der Waals surface area contributed by atoms with Gasteiger partial charge in [-0.3, -0.25) is 0 Å². The van der Waals surface area contributed by atoms with Gasteiger partial charge in [-0.15, -0.1) is 0 Å². The average Bonchev–Trinajstić information content (AvgIpc) is 2.95. The summed E-state index contributed by atoms with van der Waals surface area (Å²) in [7, 11) is 0. The molecule has 0 spiro atoms. The van der Waals surface area contributed by atoms with Gasteiger partial charge in [0.05, 0.1) is 0 Å². The van der Waals surface area contributed by atoms with Crippen molar-refractivity contribution < 1.29 is 0 Å². The quantitative estimate of drug-likeness (QED) is 0.765. The summed E-state index contributed by atoms with van der Waals surface area (Å²) in [4.78, 5) is 8.46. The maximum atomic E-state index is 5.63. The third kappa shape index (κ3) is 2.71. The van der Waals surface area contributed by atoms with Crippen LogP contribution in [0.4, 0.5) is 5.82 Å². The van der Waals surface area contributed by atoms with Gasteiger partial charge < -0.3 is 11.1 Å². The Morgan fingerprint density at radius 2 is 2.05 bits per heavy atom. The van der Waals surface area contributed by atoms with Gasteiger partial charge in [-0.2, -0.15) is 14.6 Å². The predicted octanol–water partition coefficient (Wildman–Crippen LogP) is 2.06. The molecule has 0 amide bonds. The van der Waals surface area contributed by atoms with E-state index in [1.54, 1.807) is 4.52 Å². The van der Waals surface area contributed by atoms with Crippen LogP contribution in [0.1, 0.15) is 29.8 Å². The summed E-state index contributed by atoms with van der Waals surface area (Å²) in [5.41, 5.74) is 8.85. The number of hydrogen-bond acceptors (Lipinski definition) is 5. The van der Waals surface area contributed by atoms with E-state index >= 15 is 0 Å². The van der Waals surface area contributed by atoms with Crippen molar-refractivity contribution >= 4 is 11.6 Å². The number of anilines is 1. The average molecular weight is 282 g/mol. The van der Waals surface area contributed by atoms with Crippen LogP contribution in [0.2, 0.25) is 0 Å². The van der Waals surface area contributed by atoms with Gasteiger partial charge in [0.1, 0.15) is 12.1 Å². The van der Waals surface area contributed by atoms with Crippen LogP contribution in [0.15, 0.2) is 36.7 Å². The minimum Gasteiger partial charge on any atom is -0.363 e. The first-order chi connectivity index (χ1) is 10.2. The Kier molecular flexibility index (Phi) is 3.53. The van der Waals surface area contributed by atoms with Gasteiger partial charge in [0.15, 0.2) is 0 Å². The van der Waals surface area contributed by atoms with E-state index in [0.29, 0.717) is 12.3 Å². The van der Waals surface area contributed by atoms with E-state index in [1.807, 2.05) is 13.0 Å². The van der Waals surface area contributed by atoms with Crippen molar-refractivity contribution in [2.24, 2.45) is 5.73 Å². The first kappa shape index (κ1) is 13.5. The molecule has 0 saturated carbocycles. The first-order valence-electron chi connectivity index (χ1n) is 6.90. The molecule has 1 aromatic carbocycles.